The summed E-state index contributed by atoms with van der Waals surface area (Å²) in [6.07, 6.45) is 1.32. The van der Waals surface area contributed by atoms with Crippen molar-refractivity contribution < 1.29 is 8.78 Å². The number of rotatable bonds is 4. The molecule has 0 saturated heterocycles. The van der Waals surface area contributed by atoms with Crippen LogP contribution in [0.15, 0.2) is 18.2 Å². The van der Waals surface area contributed by atoms with Crippen LogP contribution < -0.4 is 5.73 Å². The molecule has 2 N–H and O–H groups in total. The van der Waals surface area contributed by atoms with Crippen molar-refractivity contribution in [3.05, 3.63) is 35.4 Å². The minimum absolute atomic E-state index is 0.158. The second-order valence-electron chi connectivity index (χ2n) is 4.26. The van der Waals surface area contributed by atoms with E-state index in [9.17, 15) is 8.78 Å². The first-order valence-corrected chi connectivity index (χ1v) is 5.15. The molecule has 0 heterocycles. The Balaban J connectivity index is 2.94. The summed E-state index contributed by atoms with van der Waals surface area (Å²) in [7, 11) is 0. The fourth-order valence-electron chi connectivity index (χ4n) is 1.49. The van der Waals surface area contributed by atoms with E-state index in [-0.39, 0.29) is 5.41 Å². The molecule has 0 spiro atoms. The lowest BCUT2D eigenvalue weighted by Gasteiger charge is -2.26. The predicted molar refractivity (Wildman–Crippen MR) is 57.5 cm³/mol. The van der Waals surface area contributed by atoms with E-state index < -0.39 is 11.6 Å². The highest BCUT2D eigenvalue weighted by Gasteiger charge is 2.22. The van der Waals surface area contributed by atoms with Gasteiger partial charge in [0.25, 0.3) is 0 Å². The minimum Gasteiger partial charge on any atom is -0.330 e. The molecular weight excluding hydrogens is 196 g/mol. The van der Waals surface area contributed by atoms with Crippen molar-refractivity contribution in [1.82, 2.24) is 0 Å². The smallest absolute Gasteiger partial charge is 0.162 e. The summed E-state index contributed by atoms with van der Waals surface area (Å²) < 4.78 is 26.3. The Kier molecular flexibility index (Phi) is 3.80. The molecule has 0 aliphatic heterocycles. The van der Waals surface area contributed by atoms with Crippen LogP contribution in [0.5, 0.6) is 0 Å². The molecule has 0 saturated carbocycles. The summed E-state index contributed by atoms with van der Waals surface area (Å²) in [5.74, 6) is -1.53. The van der Waals surface area contributed by atoms with Crippen molar-refractivity contribution in [2.75, 3.05) is 6.54 Å². The zero-order valence-electron chi connectivity index (χ0n) is 9.19. The van der Waals surface area contributed by atoms with Gasteiger partial charge in [-0.3, -0.25) is 0 Å². The van der Waals surface area contributed by atoms with Gasteiger partial charge in [-0.05, 0) is 36.4 Å². The highest BCUT2D eigenvalue weighted by molar-refractivity contribution is 5.20. The van der Waals surface area contributed by atoms with Crippen LogP contribution in [0, 0.1) is 17.0 Å². The Labute approximate surface area is 89.3 Å². The third-order valence-corrected chi connectivity index (χ3v) is 3.00. The second kappa shape index (κ2) is 4.71. The van der Waals surface area contributed by atoms with Gasteiger partial charge in [0.2, 0.25) is 0 Å². The topological polar surface area (TPSA) is 26.0 Å². The third-order valence-electron chi connectivity index (χ3n) is 3.00. The quantitative estimate of drug-likeness (QED) is 0.817. The van der Waals surface area contributed by atoms with Gasteiger partial charge in [0, 0.05) is 0 Å². The number of halogens is 2. The van der Waals surface area contributed by atoms with Gasteiger partial charge in [0.1, 0.15) is 0 Å². The van der Waals surface area contributed by atoms with Gasteiger partial charge < -0.3 is 5.73 Å². The normalized spacial score (nSPS) is 15.0. The van der Waals surface area contributed by atoms with Crippen LogP contribution in [-0.4, -0.2) is 6.54 Å². The average molecular weight is 213 g/mol. The van der Waals surface area contributed by atoms with Gasteiger partial charge in [-0.2, -0.15) is 0 Å². The molecule has 0 aromatic heterocycles. The predicted octanol–water partition coefficient (Wildman–Crippen LogP) is 2.88. The maximum Gasteiger partial charge on any atom is 0.162 e. The molecule has 1 aromatic rings. The van der Waals surface area contributed by atoms with Gasteiger partial charge in [-0.25, -0.2) is 8.78 Å². The van der Waals surface area contributed by atoms with Crippen LogP contribution in [0.2, 0.25) is 0 Å². The molecule has 1 unspecified atom stereocenters. The summed E-state index contributed by atoms with van der Waals surface area (Å²) >= 11 is 0. The van der Waals surface area contributed by atoms with Gasteiger partial charge in [0.05, 0.1) is 0 Å². The van der Waals surface area contributed by atoms with Gasteiger partial charge in [-0.1, -0.05) is 26.0 Å². The SMILES string of the molecule is CCC(C)(CN)Cc1cccc(F)c1F. The number of nitrogens with two attached hydrogens (primary N) is 1. The van der Waals surface area contributed by atoms with Crippen molar-refractivity contribution in [3.8, 4) is 0 Å². The number of benzene rings is 1. The van der Waals surface area contributed by atoms with Gasteiger partial charge in [-0.15, -0.1) is 0 Å². The molecule has 0 radical (unpaired) electrons. The molecule has 84 valence electrons. The first-order chi connectivity index (χ1) is 7.02. The standard InChI is InChI=1S/C12H17F2N/c1-3-12(2,8-15)7-9-5-4-6-10(13)11(9)14/h4-6H,3,7-8,15H2,1-2H3. The Morgan fingerprint density at radius 3 is 2.53 bits per heavy atom. The molecule has 0 aliphatic rings. The van der Waals surface area contributed by atoms with Crippen molar-refractivity contribution in [3.63, 3.8) is 0 Å². The largest absolute Gasteiger partial charge is 0.330 e. The maximum absolute atomic E-state index is 13.4. The van der Waals surface area contributed by atoms with Crippen LogP contribution >= 0.6 is 0 Å². The molecule has 1 atom stereocenters. The molecule has 1 nitrogen and oxygen atoms in total. The maximum atomic E-state index is 13.4. The van der Waals surface area contributed by atoms with Crippen molar-refractivity contribution >= 4 is 0 Å². The summed E-state index contributed by atoms with van der Waals surface area (Å²) in [4.78, 5) is 0. The van der Waals surface area contributed by atoms with E-state index in [1.165, 1.54) is 6.07 Å². The highest BCUT2D eigenvalue weighted by Crippen LogP contribution is 2.26. The lowest BCUT2D eigenvalue weighted by Crippen LogP contribution is -2.29. The first-order valence-electron chi connectivity index (χ1n) is 5.15. The molecule has 0 bridgehead atoms. The summed E-state index contributed by atoms with van der Waals surface area (Å²) in [5.41, 5.74) is 5.89. The molecule has 1 rings (SSSR count). The van der Waals surface area contributed by atoms with Gasteiger partial charge >= 0.3 is 0 Å². The van der Waals surface area contributed by atoms with Gasteiger partial charge in [0.15, 0.2) is 11.6 Å². The van der Waals surface area contributed by atoms with E-state index in [1.807, 2.05) is 13.8 Å². The fraction of sp³-hybridized carbons (Fsp3) is 0.500. The van der Waals surface area contributed by atoms with E-state index >= 15 is 0 Å². The zero-order valence-corrected chi connectivity index (χ0v) is 9.19. The van der Waals surface area contributed by atoms with E-state index in [2.05, 4.69) is 0 Å². The first kappa shape index (κ1) is 12.1. The van der Waals surface area contributed by atoms with Crippen LogP contribution in [0.3, 0.4) is 0 Å². The van der Waals surface area contributed by atoms with Crippen LogP contribution in [0.4, 0.5) is 8.78 Å². The summed E-state index contributed by atoms with van der Waals surface area (Å²) in [6.45, 7) is 4.46. The molecule has 0 amide bonds. The van der Waals surface area contributed by atoms with E-state index in [1.54, 1.807) is 6.07 Å². The Morgan fingerprint density at radius 2 is 2.00 bits per heavy atom. The molecule has 0 fully saturated rings. The lowest BCUT2D eigenvalue weighted by molar-refractivity contribution is 0.314. The summed E-state index contributed by atoms with van der Waals surface area (Å²) in [5, 5.41) is 0. The summed E-state index contributed by atoms with van der Waals surface area (Å²) in [6, 6.07) is 4.27. The number of hydrogen-bond donors (Lipinski definition) is 1. The van der Waals surface area contributed by atoms with E-state index in [0.29, 0.717) is 18.5 Å². The molecule has 15 heavy (non-hydrogen) atoms. The Morgan fingerprint density at radius 1 is 1.33 bits per heavy atom. The average Bonchev–Trinajstić information content (AvgIpc) is 2.25. The second-order valence-corrected chi connectivity index (χ2v) is 4.26. The van der Waals surface area contributed by atoms with Crippen LogP contribution in [0.25, 0.3) is 0 Å². The van der Waals surface area contributed by atoms with Crippen LogP contribution in [0.1, 0.15) is 25.8 Å². The zero-order chi connectivity index (χ0) is 11.5. The molecule has 3 heteroatoms. The third kappa shape index (κ3) is 2.75. The van der Waals surface area contributed by atoms with E-state index in [4.69, 9.17) is 5.73 Å². The highest BCUT2D eigenvalue weighted by atomic mass is 19.2. The Bertz CT molecular complexity index is 332. The van der Waals surface area contributed by atoms with E-state index in [0.717, 1.165) is 12.5 Å². The lowest BCUT2D eigenvalue weighted by atomic mass is 9.81. The minimum atomic E-state index is -0.789. The monoisotopic (exact) mass is 213 g/mol. The molecule has 0 aliphatic carbocycles. The molecular formula is C12H17F2N. The van der Waals surface area contributed by atoms with Crippen molar-refractivity contribution in [2.24, 2.45) is 11.1 Å². The van der Waals surface area contributed by atoms with Crippen molar-refractivity contribution in [1.29, 1.82) is 0 Å². The fourth-order valence-corrected chi connectivity index (χ4v) is 1.49. The van der Waals surface area contributed by atoms with Crippen LogP contribution in [-0.2, 0) is 6.42 Å². The molecule has 1 aromatic carbocycles. The van der Waals surface area contributed by atoms with Crippen molar-refractivity contribution in [2.45, 2.75) is 26.7 Å². The number of hydrogen-bond acceptors (Lipinski definition) is 1. The Hall–Kier alpha value is -0.960.